The number of nitrogens with one attached hydrogen (secondary N) is 2. The summed E-state index contributed by atoms with van der Waals surface area (Å²) in [6.45, 7) is 0. The van der Waals surface area contributed by atoms with Gasteiger partial charge in [-0.15, -0.1) is 0 Å². The Morgan fingerprint density at radius 3 is 2.35 bits per heavy atom. The van der Waals surface area contributed by atoms with Crippen molar-refractivity contribution in [2.75, 3.05) is 10.6 Å². The topological polar surface area (TPSA) is 176 Å². The summed E-state index contributed by atoms with van der Waals surface area (Å²) >= 11 is 0. The second-order valence-electron chi connectivity index (χ2n) is 7.30. The van der Waals surface area contributed by atoms with E-state index < -0.39 is 35.3 Å². The van der Waals surface area contributed by atoms with Gasteiger partial charge in [-0.2, -0.15) is 16.8 Å². The molecule has 4 N–H and O–H groups in total. The zero-order valence-corrected chi connectivity index (χ0v) is 17.0. The highest BCUT2D eigenvalue weighted by Crippen LogP contribution is 2.42. The van der Waals surface area contributed by atoms with Crippen molar-refractivity contribution in [1.29, 1.82) is 0 Å². The second-order valence-corrected chi connectivity index (χ2v) is 10.4. The van der Waals surface area contributed by atoms with Crippen molar-refractivity contribution in [2.24, 2.45) is 0 Å². The highest BCUT2D eigenvalue weighted by Gasteiger charge is 2.35. The van der Waals surface area contributed by atoms with Gasteiger partial charge in [0, 0.05) is 17.7 Å². The molecule has 0 aromatic heterocycles. The first-order valence-corrected chi connectivity index (χ1v) is 11.8. The first-order chi connectivity index (χ1) is 14.4. The molecule has 31 heavy (non-hydrogen) atoms. The molecule has 1 atom stereocenters. The monoisotopic (exact) mass is 463 g/mol. The predicted molar refractivity (Wildman–Crippen MR) is 111 cm³/mol. The van der Waals surface area contributed by atoms with Crippen molar-refractivity contribution in [1.82, 2.24) is 0 Å². The van der Waals surface area contributed by atoms with Crippen molar-refractivity contribution in [3.63, 3.8) is 0 Å². The number of benzene rings is 2. The highest BCUT2D eigenvalue weighted by molar-refractivity contribution is 7.86. The van der Waals surface area contributed by atoms with E-state index >= 15 is 0 Å². The predicted octanol–water partition coefficient (Wildman–Crippen LogP) is 0.653. The molecule has 0 saturated heterocycles. The Hall–Kier alpha value is -3.26. The number of nitro benzene ring substituents is 1. The summed E-state index contributed by atoms with van der Waals surface area (Å²) in [4.78, 5) is 10.1. The van der Waals surface area contributed by atoms with E-state index in [0.29, 0.717) is 39.1 Å². The number of allylic oxidation sites excluding steroid dienone is 1. The molecule has 0 amide bonds. The summed E-state index contributed by atoms with van der Waals surface area (Å²) in [6, 6.07) is 6.52. The number of rotatable bonds is 3. The Labute approximate surface area is 175 Å². The number of hydrogen-bond donors (Lipinski definition) is 4. The number of nitrogens with zero attached hydrogens (tertiary/aromatic N) is 1. The van der Waals surface area contributed by atoms with Gasteiger partial charge in [-0.05, 0) is 40.6 Å². The molecule has 2 aromatic carbocycles. The number of anilines is 2. The summed E-state index contributed by atoms with van der Waals surface area (Å²) < 4.78 is 66.4. The van der Waals surface area contributed by atoms with E-state index in [9.17, 15) is 36.1 Å². The molecule has 5 rings (SSSR count). The SMILES string of the molecule is O=[N+]([O-])c1ccc2c(c1)NC1=C(N2)c2cc(S(=O)(=O)O)cc3c2=C1CC(S(=O)(=O)O)C=3. The summed E-state index contributed by atoms with van der Waals surface area (Å²) in [5.41, 5.74) is 2.47. The maximum Gasteiger partial charge on any atom is 0.294 e. The van der Waals surface area contributed by atoms with Crippen LogP contribution >= 0.6 is 0 Å². The van der Waals surface area contributed by atoms with Gasteiger partial charge in [-0.3, -0.25) is 19.2 Å². The summed E-state index contributed by atoms with van der Waals surface area (Å²) in [5.74, 6) is 0. The molecule has 1 heterocycles. The Bertz CT molecular complexity index is 1590. The lowest BCUT2D eigenvalue weighted by Crippen LogP contribution is -2.37. The fourth-order valence-electron chi connectivity index (χ4n) is 4.11. The summed E-state index contributed by atoms with van der Waals surface area (Å²) in [7, 11) is -9.11. The third-order valence-electron chi connectivity index (χ3n) is 5.45. The minimum absolute atomic E-state index is 0.0954. The van der Waals surface area contributed by atoms with Gasteiger partial charge in [0.2, 0.25) is 0 Å². The zero-order valence-electron chi connectivity index (χ0n) is 15.4. The molecule has 3 aliphatic rings. The molecule has 11 nitrogen and oxygen atoms in total. The van der Waals surface area contributed by atoms with Gasteiger partial charge in [-0.1, -0.05) is 6.08 Å². The largest absolute Gasteiger partial charge is 0.352 e. The van der Waals surface area contributed by atoms with Crippen molar-refractivity contribution >= 4 is 54.6 Å². The number of nitro groups is 1. The Kier molecular flexibility index (Phi) is 3.90. The molecule has 1 unspecified atom stereocenters. The smallest absolute Gasteiger partial charge is 0.294 e. The van der Waals surface area contributed by atoms with E-state index in [-0.39, 0.29) is 17.3 Å². The molecule has 0 fully saturated rings. The first-order valence-electron chi connectivity index (χ1n) is 8.84. The van der Waals surface area contributed by atoms with E-state index in [4.69, 9.17) is 0 Å². The van der Waals surface area contributed by atoms with Gasteiger partial charge in [0.15, 0.2) is 0 Å². The number of non-ortho nitro benzene ring substituents is 1. The Balaban J connectivity index is 1.77. The van der Waals surface area contributed by atoms with Crippen LogP contribution in [0.15, 0.2) is 40.9 Å². The second kappa shape index (κ2) is 6.13. The standard InChI is InChI=1S/C18H13N3O8S2/c22-21(23)9-1-2-14-15(5-9)20-18-13-7-11(31(27,28)29)4-8-3-10(30(24,25)26)6-12(16(8)13)17(18)19-14/h1-6,11,19-20H,7H2,(H,24,25,26)(H,27,28,29). The van der Waals surface area contributed by atoms with Crippen LogP contribution in [0.2, 0.25) is 0 Å². The minimum atomic E-state index is -4.60. The molecule has 0 spiro atoms. The van der Waals surface area contributed by atoms with Crippen molar-refractivity contribution in [2.45, 2.75) is 16.6 Å². The molecule has 0 saturated carbocycles. The molecule has 13 heteroatoms. The zero-order chi connectivity index (χ0) is 22.3. The van der Waals surface area contributed by atoms with Crippen molar-refractivity contribution < 1.29 is 30.9 Å². The molecule has 0 bridgehead atoms. The quantitative estimate of drug-likeness (QED) is 0.287. The van der Waals surface area contributed by atoms with Crippen LogP contribution in [0, 0.1) is 10.1 Å². The van der Waals surface area contributed by atoms with Crippen LogP contribution in [0.4, 0.5) is 17.1 Å². The fourth-order valence-corrected chi connectivity index (χ4v) is 5.35. The highest BCUT2D eigenvalue weighted by atomic mass is 32.2. The van der Waals surface area contributed by atoms with E-state index in [1.165, 1.54) is 30.3 Å². The van der Waals surface area contributed by atoms with Crippen LogP contribution in [-0.2, 0) is 20.2 Å². The minimum Gasteiger partial charge on any atom is -0.352 e. The van der Waals surface area contributed by atoms with E-state index in [2.05, 4.69) is 10.6 Å². The number of fused-ring (bicyclic) bond motifs is 3. The van der Waals surface area contributed by atoms with Gasteiger partial charge in [0.25, 0.3) is 25.9 Å². The van der Waals surface area contributed by atoms with E-state index in [1.54, 1.807) is 0 Å². The average molecular weight is 463 g/mol. The number of hydrogen-bond acceptors (Lipinski definition) is 8. The van der Waals surface area contributed by atoms with Crippen LogP contribution < -0.4 is 21.1 Å². The van der Waals surface area contributed by atoms with Crippen LogP contribution in [0.25, 0.3) is 17.3 Å². The van der Waals surface area contributed by atoms with Gasteiger partial charge in [0.05, 0.1) is 32.6 Å². The third-order valence-corrected chi connectivity index (χ3v) is 7.35. The molecule has 0 radical (unpaired) electrons. The maximum atomic E-state index is 11.9. The Morgan fingerprint density at radius 2 is 1.71 bits per heavy atom. The molecular formula is C18H13N3O8S2. The normalized spacial score (nSPS) is 18.9. The Morgan fingerprint density at radius 1 is 1.00 bits per heavy atom. The van der Waals surface area contributed by atoms with Gasteiger partial charge in [-0.25, -0.2) is 0 Å². The molecule has 160 valence electrons. The molecule has 1 aliphatic heterocycles. The van der Waals surface area contributed by atoms with Gasteiger partial charge < -0.3 is 10.6 Å². The lowest BCUT2D eigenvalue weighted by molar-refractivity contribution is -0.384. The summed E-state index contributed by atoms with van der Waals surface area (Å²) in [6.07, 6.45) is 1.14. The van der Waals surface area contributed by atoms with Crippen LogP contribution in [0.3, 0.4) is 0 Å². The van der Waals surface area contributed by atoms with Gasteiger partial charge >= 0.3 is 0 Å². The lowest BCUT2D eigenvalue weighted by atomic mass is 9.99. The molecule has 2 aliphatic carbocycles. The average Bonchev–Trinajstić information content (AvgIpc) is 2.98. The van der Waals surface area contributed by atoms with Crippen LogP contribution in [0.5, 0.6) is 0 Å². The first kappa shape index (κ1) is 19.7. The van der Waals surface area contributed by atoms with Crippen LogP contribution in [0.1, 0.15) is 12.0 Å². The maximum absolute atomic E-state index is 11.9. The van der Waals surface area contributed by atoms with Crippen molar-refractivity contribution in [3.8, 4) is 0 Å². The van der Waals surface area contributed by atoms with Gasteiger partial charge in [0.1, 0.15) is 5.25 Å². The van der Waals surface area contributed by atoms with E-state index in [1.807, 2.05) is 0 Å². The van der Waals surface area contributed by atoms with Crippen molar-refractivity contribution in [3.05, 3.63) is 62.1 Å². The molecule has 2 aromatic rings. The fraction of sp³-hybridized carbons (Fsp3) is 0.111. The third kappa shape index (κ3) is 3.01. The van der Waals surface area contributed by atoms with E-state index in [0.717, 1.165) is 6.07 Å². The van der Waals surface area contributed by atoms with Crippen LogP contribution in [-0.4, -0.2) is 36.1 Å². The summed E-state index contributed by atoms with van der Waals surface area (Å²) in [5, 5.41) is 16.7. The lowest BCUT2D eigenvalue weighted by Gasteiger charge is -2.25. The molecular weight excluding hydrogens is 450 g/mol.